The minimum Gasteiger partial charge on any atom is -0.348 e. The Hall–Kier alpha value is -2.84. The maximum Gasteiger partial charge on any atom is 0.236 e. The molecular weight excluding hydrogens is 372 g/mol. The highest BCUT2D eigenvalue weighted by Gasteiger charge is 2.12. The van der Waals surface area contributed by atoms with Crippen molar-refractivity contribution in [1.82, 2.24) is 24.8 Å². The Bertz CT molecular complexity index is 955. The first-order valence-electron chi connectivity index (χ1n) is 8.91. The number of likely N-dealkylation sites (N-methyl/N-ethyl adjacent to an activating group) is 2. The van der Waals surface area contributed by atoms with Crippen LogP contribution in [0.15, 0.2) is 42.7 Å². The van der Waals surface area contributed by atoms with E-state index < -0.39 is 0 Å². The Morgan fingerprint density at radius 2 is 1.96 bits per heavy atom. The van der Waals surface area contributed by atoms with Crippen molar-refractivity contribution in [2.45, 2.75) is 13.5 Å². The highest BCUT2D eigenvalue weighted by Crippen LogP contribution is 2.26. The number of pyridine rings is 2. The highest BCUT2D eigenvalue weighted by atomic mass is 32.1. The lowest BCUT2D eigenvalue weighted by atomic mass is 10.3. The van der Waals surface area contributed by atoms with Gasteiger partial charge in [-0.2, -0.15) is 0 Å². The number of hydrogen-bond donors (Lipinski definition) is 1. The summed E-state index contributed by atoms with van der Waals surface area (Å²) in [5.41, 5.74) is 1.99. The van der Waals surface area contributed by atoms with E-state index in [0.717, 1.165) is 32.8 Å². The molecule has 0 saturated carbocycles. The van der Waals surface area contributed by atoms with Crippen LogP contribution in [0.4, 0.5) is 11.6 Å². The molecule has 146 valence electrons. The second-order valence-corrected chi connectivity index (χ2v) is 7.95. The van der Waals surface area contributed by atoms with E-state index in [1.165, 1.54) is 0 Å². The maximum atomic E-state index is 11.8. The van der Waals surface area contributed by atoms with Crippen LogP contribution in [0.2, 0.25) is 0 Å². The SMILES string of the molecule is Cc1ccnc(Nc2cccc(-c3cnc(CN(C)CC(=O)N(C)C)s3)n2)c1. The number of thiazole rings is 1. The van der Waals surface area contributed by atoms with E-state index in [1.807, 2.05) is 55.4 Å². The molecular formula is C20H24N6OS. The van der Waals surface area contributed by atoms with E-state index in [2.05, 4.69) is 20.3 Å². The fourth-order valence-electron chi connectivity index (χ4n) is 2.54. The molecule has 8 heteroatoms. The Kier molecular flexibility index (Phi) is 6.33. The molecule has 0 radical (unpaired) electrons. The van der Waals surface area contributed by atoms with Crippen LogP contribution in [0, 0.1) is 6.92 Å². The van der Waals surface area contributed by atoms with Gasteiger partial charge in [0.25, 0.3) is 0 Å². The van der Waals surface area contributed by atoms with Crippen molar-refractivity contribution in [3.8, 4) is 10.6 Å². The van der Waals surface area contributed by atoms with Crippen molar-refractivity contribution >= 4 is 28.9 Å². The summed E-state index contributed by atoms with van der Waals surface area (Å²) in [4.78, 5) is 29.8. The molecule has 0 aromatic carbocycles. The number of hydrogen-bond acceptors (Lipinski definition) is 7. The van der Waals surface area contributed by atoms with Crippen molar-refractivity contribution in [1.29, 1.82) is 0 Å². The van der Waals surface area contributed by atoms with Crippen LogP contribution >= 0.6 is 11.3 Å². The van der Waals surface area contributed by atoms with Gasteiger partial charge < -0.3 is 10.2 Å². The van der Waals surface area contributed by atoms with Crippen molar-refractivity contribution in [2.24, 2.45) is 0 Å². The fraction of sp³-hybridized carbons (Fsp3) is 0.300. The van der Waals surface area contributed by atoms with E-state index >= 15 is 0 Å². The lowest BCUT2D eigenvalue weighted by Gasteiger charge is -2.17. The molecule has 1 amide bonds. The summed E-state index contributed by atoms with van der Waals surface area (Å²) in [5, 5.41) is 4.19. The molecule has 0 aliphatic heterocycles. The number of nitrogens with zero attached hydrogens (tertiary/aromatic N) is 5. The third-order valence-electron chi connectivity index (χ3n) is 4.04. The zero-order chi connectivity index (χ0) is 20.1. The quantitative estimate of drug-likeness (QED) is 0.661. The number of rotatable bonds is 7. The number of carbonyl (C=O) groups is 1. The van der Waals surface area contributed by atoms with Gasteiger partial charge in [0, 0.05) is 26.5 Å². The minimum atomic E-state index is 0.0736. The van der Waals surface area contributed by atoms with E-state index in [0.29, 0.717) is 13.1 Å². The first kappa shape index (κ1) is 19.9. The summed E-state index contributed by atoms with van der Waals surface area (Å²) in [6.07, 6.45) is 3.60. The molecule has 3 aromatic heterocycles. The number of aromatic nitrogens is 3. The summed E-state index contributed by atoms with van der Waals surface area (Å²) in [7, 11) is 5.44. The number of aryl methyl sites for hydroxylation is 1. The average molecular weight is 397 g/mol. The van der Waals surface area contributed by atoms with Crippen molar-refractivity contribution in [3.63, 3.8) is 0 Å². The van der Waals surface area contributed by atoms with Crippen LogP contribution in [0.1, 0.15) is 10.6 Å². The average Bonchev–Trinajstić information content (AvgIpc) is 3.10. The van der Waals surface area contributed by atoms with Gasteiger partial charge >= 0.3 is 0 Å². The molecule has 28 heavy (non-hydrogen) atoms. The topological polar surface area (TPSA) is 74.2 Å². The van der Waals surface area contributed by atoms with Gasteiger partial charge in [0.05, 0.1) is 23.7 Å². The van der Waals surface area contributed by atoms with Crippen molar-refractivity contribution in [3.05, 3.63) is 53.3 Å². The number of amides is 1. The van der Waals surface area contributed by atoms with Gasteiger partial charge in [-0.15, -0.1) is 11.3 Å². The predicted molar refractivity (Wildman–Crippen MR) is 113 cm³/mol. The first-order chi connectivity index (χ1) is 13.4. The van der Waals surface area contributed by atoms with E-state index in [1.54, 1.807) is 36.5 Å². The molecule has 3 rings (SSSR count). The largest absolute Gasteiger partial charge is 0.348 e. The Morgan fingerprint density at radius 1 is 1.14 bits per heavy atom. The van der Waals surface area contributed by atoms with Crippen LogP contribution in [0.5, 0.6) is 0 Å². The minimum absolute atomic E-state index is 0.0736. The molecule has 0 saturated heterocycles. The highest BCUT2D eigenvalue weighted by molar-refractivity contribution is 7.15. The van der Waals surface area contributed by atoms with E-state index in [4.69, 9.17) is 0 Å². The summed E-state index contributed by atoms with van der Waals surface area (Å²) < 4.78 is 0. The molecule has 0 aliphatic carbocycles. The van der Waals surface area contributed by atoms with Gasteiger partial charge in [0.15, 0.2) is 0 Å². The molecule has 0 atom stereocenters. The lowest BCUT2D eigenvalue weighted by molar-refractivity contribution is -0.129. The third-order valence-corrected chi connectivity index (χ3v) is 5.04. The van der Waals surface area contributed by atoms with Crippen molar-refractivity contribution in [2.75, 3.05) is 33.0 Å². The number of carbonyl (C=O) groups excluding carboxylic acids is 1. The number of anilines is 2. The van der Waals surface area contributed by atoms with Crippen LogP contribution in [0.3, 0.4) is 0 Å². The second kappa shape index (κ2) is 8.90. The van der Waals surface area contributed by atoms with Gasteiger partial charge in [-0.3, -0.25) is 9.69 Å². The van der Waals surface area contributed by atoms with Gasteiger partial charge in [-0.05, 0) is 43.8 Å². The van der Waals surface area contributed by atoms with Gasteiger partial charge in [-0.1, -0.05) is 6.07 Å². The standard InChI is InChI=1S/C20H24N6OS/c1-14-8-9-21-18(10-14)24-17-7-5-6-15(23-17)16-11-22-19(28-16)12-26(4)13-20(27)25(2)3/h5-11H,12-13H2,1-4H3,(H,21,23,24). The van der Waals surface area contributed by atoms with Crippen molar-refractivity contribution < 1.29 is 4.79 Å². The summed E-state index contributed by atoms with van der Waals surface area (Å²) >= 11 is 1.58. The molecule has 3 heterocycles. The maximum absolute atomic E-state index is 11.8. The Balaban J connectivity index is 1.68. The summed E-state index contributed by atoms with van der Waals surface area (Å²) in [5.74, 6) is 1.57. The summed E-state index contributed by atoms with van der Waals surface area (Å²) in [6.45, 7) is 3.01. The zero-order valence-electron chi connectivity index (χ0n) is 16.5. The Morgan fingerprint density at radius 3 is 2.71 bits per heavy atom. The monoisotopic (exact) mass is 396 g/mol. The lowest BCUT2D eigenvalue weighted by Crippen LogP contribution is -2.33. The molecule has 1 N–H and O–H groups in total. The normalized spacial score (nSPS) is 10.9. The molecule has 7 nitrogen and oxygen atoms in total. The Labute approximate surface area is 169 Å². The predicted octanol–water partition coefficient (Wildman–Crippen LogP) is 3.17. The first-order valence-corrected chi connectivity index (χ1v) is 9.73. The molecule has 0 spiro atoms. The zero-order valence-corrected chi connectivity index (χ0v) is 17.3. The van der Waals surface area contributed by atoms with E-state index in [9.17, 15) is 4.79 Å². The van der Waals surface area contributed by atoms with Gasteiger partial charge in [0.2, 0.25) is 5.91 Å². The van der Waals surface area contributed by atoms with Crippen LogP contribution in [-0.4, -0.2) is 58.3 Å². The van der Waals surface area contributed by atoms with Crippen LogP contribution in [0.25, 0.3) is 10.6 Å². The molecule has 3 aromatic rings. The molecule has 0 aliphatic rings. The molecule has 0 bridgehead atoms. The van der Waals surface area contributed by atoms with E-state index in [-0.39, 0.29) is 5.91 Å². The summed E-state index contributed by atoms with van der Waals surface area (Å²) in [6, 6.07) is 9.77. The molecule has 0 unspecified atom stereocenters. The van der Waals surface area contributed by atoms with Gasteiger partial charge in [0.1, 0.15) is 16.6 Å². The molecule has 0 fully saturated rings. The number of nitrogens with one attached hydrogen (secondary N) is 1. The van der Waals surface area contributed by atoms with Crippen LogP contribution in [-0.2, 0) is 11.3 Å². The second-order valence-electron chi connectivity index (χ2n) is 6.83. The van der Waals surface area contributed by atoms with Gasteiger partial charge in [-0.25, -0.2) is 15.0 Å². The van der Waals surface area contributed by atoms with Crippen LogP contribution < -0.4 is 5.32 Å². The fourth-order valence-corrected chi connectivity index (χ4v) is 3.51. The third kappa shape index (κ3) is 5.34. The smallest absolute Gasteiger partial charge is 0.236 e.